The first-order valence-corrected chi connectivity index (χ1v) is 6.15. The lowest BCUT2D eigenvalue weighted by Gasteiger charge is -2.21. The van der Waals surface area contributed by atoms with Crippen molar-refractivity contribution in [1.29, 1.82) is 0 Å². The monoisotopic (exact) mass is 220 g/mol. The van der Waals surface area contributed by atoms with Crippen LogP contribution in [-0.2, 0) is 6.42 Å². The second kappa shape index (κ2) is 5.41. The van der Waals surface area contributed by atoms with Gasteiger partial charge in [-0.15, -0.1) is 0 Å². The minimum absolute atomic E-state index is 0.257. The summed E-state index contributed by atoms with van der Waals surface area (Å²) in [5.41, 5.74) is 2.58. The Bertz CT molecular complexity index is 340. The fourth-order valence-corrected chi connectivity index (χ4v) is 2.42. The molecule has 0 fully saturated rings. The number of pyridine rings is 1. The van der Waals surface area contributed by atoms with Crippen molar-refractivity contribution >= 4 is 0 Å². The second-order valence-corrected chi connectivity index (χ2v) is 4.42. The zero-order chi connectivity index (χ0) is 11.4. The van der Waals surface area contributed by atoms with Crippen molar-refractivity contribution < 1.29 is 5.11 Å². The van der Waals surface area contributed by atoms with Gasteiger partial charge in [0, 0.05) is 18.8 Å². The van der Waals surface area contributed by atoms with Gasteiger partial charge in [0.25, 0.3) is 0 Å². The number of nitrogens with zero attached hydrogens (tertiary/aromatic N) is 1. The molecule has 0 radical (unpaired) electrons. The average molecular weight is 220 g/mol. The third-order valence-corrected chi connectivity index (χ3v) is 3.37. The highest BCUT2D eigenvalue weighted by Crippen LogP contribution is 2.29. The fourth-order valence-electron chi connectivity index (χ4n) is 2.42. The highest BCUT2D eigenvalue weighted by Gasteiger charge is 2.24. The summed E-state index contributed by atoms with van der Waals surface area (Å²) in [6.45, 7) is 2.41. The molecule has 2 unspecified atom stereocenters. The van der Waals surface area contributed by atoms with E-state index >= 15 is 0 Å². The number of rotatable bonds is 5. The van der Waals surface area contributed by atoms with Crippen molar-refractivity contribution in [2.75, 3.05) is 6.61 Å². The van der Waals surface area contributed by atoms with E-state index in [0.29, 0.717) is 12.1 Å². The summed E-state index contributed by atoms with van der Waals surface area (Å²) >= 11 is 0. The maximum Gasteiger partial charge on any atom is 0.0605 e. The van der Waals surface area contributed by atoms with Crippen LogP contribution in [0.15, 0.2) is 18.3 Å². The van der Waals surface area contributed by atoms with Crippen LogP contribution in [0.1, 0.15) is 43.5 Å². The van der Waals surface area contributed by atoms with E-state index in [1.165, 1.54) is 11.3 Å². The predicted octanol–water partition coefficient (Wildman–Crippen LogP) is 1.82. The van der Waals surface area contributed by atoms with Crippen LogP contribution in [-0.4, -0.2) is 22.7 Å². The van der Waals surface area contributed by atoms with E-state index in [4.69, 9.17) is 5.11 Å². The smallest absolute Gasteiger partial charge is 0.0605 e. The van der Waals surface area contributed by atoms with Gasteiger partial charge in [-0.25, -0.2) is 0 Å². The van der Waals surface area contributed by atoms with E-state index in [2.05, 4.69) is 23.3 Å². The lowest BCUT2D eigenvalue weighted by molar-refractivity contribution is 0.254. The number of aliphatic hydroxyl groups excluding tert-OH is 1. The molecule has 16 heavy (non-hydrogen) atoms. The van der Waals surface area contributed by atoms with Gasteiger partial charge in [0.1, 0.15) is 0 Å². The number of fused-ring (bicyclic) bond motifs is 1. The number of aromatic nitrogens is 1. The Balaban J connectivity index is 2.02. The lowest BCUT2D eigenvalue weighted by Crippen LogP contribution is -2.32. The highest BCUT2D eigenvalue weighted by atomic mass is 16.3. The number of hydrogen-bond acceptors (Lipinski definition) is 3. The molecular weight excluding hydrogens is 200 g/mol. The van der Waals surface area contributed by atoms with Crippen LogP contribution >= 0.6 is 0 Å². The predicted molar refractivity (Wildman–Crippen MR) is 64.2 cm³/mol. The summed E-state index contributed by atoms with van der Waals surface area (Å²) in [7, 11) is 0. The molecule has 0 amide bonds. The summed E-state index contributed by atoms with van der Waals surface area (Å²) in [5.74, 6) is 0. The molecule has 1 aliphatic rings. The Hall–Kier alpha value is -0.930. The van der Waals surface area contributed by atoms with Crippen molar-refractivity contribution in [3.63, 3.8) is 0 Å². The molecule has 3 nitrogen and oxygen atoms in total. The van der Waals surface area contributed by atoms with E-state index in [9.17, 15) is 0 Å². The molecule has 0 bridgehead atoms. The molecular formula is C13H20N2O. The number of aliphatic hydroxyl groups is 1. The molecule has 1 heterocycles. The minimum atomic E-state index is 0.257. The van der Waals surface area contributed by atoms with Crippen LogP contribution in [0, 0.1) is 0 Å². The molecule has 2 atom stereocenters. The first-order chi connectivity index (χ1) is 7.85. The van der Waals surface area contributed by atoms with Crippen molar-refractivity contribution in [3.05, 3.63) is 29.6 Å². The summed E-state index contributed by atoms with van der Waals surface area (Å²) in [6, 6.07) is 4.96. The summed E-state index contributed by atoms with van der Waals surface area (Å²) in [4.78, 5) is 4.46. The zero-order valence-corrected chi connectivity index (χ0v) is 9.82. The van der Waals surface area contributed by atoms with Gasteiger partial charge in [0.15, 0.2) is 0 Å². The lowest BCUT2D eigenvalue weighted by atomic mass is 10.1. The van der Waals surface area contributed by atoms with Gasteiger partial charge in [-0.1, -0.05) is 13.0 Å². The van der Waals surface area contributed by atoms with E-state index in [1.54, 1.807) is 0 Å². The van der Waals surface area contributed by atoms with Gasteiger partial charge in [-0.05, 0) is 37.3 Å². The van der Waals surface area contributed by atoms with Crippen molar-refractivity contribution in [2.24, 2.45) is 0 Å². The van der Waals surface area contributed by atoms with E-state index in [-0.39, 0.29) is 6.61 Å². The second-order valence-electron chi connectivity index (χ2n) is 4.42. The molecule has 1 aliphatic carbocycles. The Morgan fingerprint density at radius 3 is 3.25 bits per heavy atom. The number of aryl methyl sites for hydroxylation is 1. The van der Waals surface area contributed by atoms with Gasteiger partial charge in [-0.2, -0.15) is 0 Å². The van der Waals surface area contributed by atoms with Gasteiger partial charge >= 0.3 is 0 Å². The Labute approximate surface area is 96.9 Å². The normalized spacial score (nSPS) is 20.8. The maximum absolute atomic E-state index is 8.98. The van der Waals surface area contributed by atoms with Gasteiger partial charge in [0.05, 0.1) is 11.7 Å². The number of hydrogen-bond donors (Lipinski definition) is 2. The molecule has 0 aromatic carbocycles. The first kappa shape index (κ1) is 11.6. The third kappa shape index (κ3) is 2.42. The van der Waals surface area contributed by atoms with Crippen LogP contribution in [0.4, 0.5) is 0 Å². The first-order valence-electron chi connectivity index (χ1n) is 6.15. The van der Waals surface area contributed by atoms with E-state index in [1.807, 2.05) is 12.3 Å². The molecule has 1 aromatic heterocycles. The third-order valence-electron chi connectivity index (χ3n) is 3.37. The molecule has 1 aromatic rings. The molecule has 2 N–H and O–H groups in total. The van der Waals surface area contributed by atoms with Crippen molar-refractivity contribution in [3.8, 4) is 0 Å². The van der Waals surface area contributed by atoms with E-state index < -0.39 is 0 Å². The molecule has 0 saturated heterocycles. The Kier molecular flexibility index (Phi) is 3.91. The summed E-state index contributed by atoms with van der Waals surface area (Å²) in [6.07, 6.45) is 6.00. The largest absolute Gasteiger partial charge is 0.396 e. The van der Waals surface area contributed by atoms with Crippen LogP contribution < -0.4 is 5.32 Å². The molecule has 0 saturated carbocycles. The Morgan fingerprint density at radius 2 is 2.50 bits per heavy atom. The van der Waals surface area contributed by atoms with Crippen LogP contribution in [0.25, 0.3) is 0 Å². The summed E-state index contributed by atoms with van der Waals surface area (Å²) < 4.78 is 0. The topological polar surface area (TPSA) is 45.1 Å². The van der Waals surface area contributed by atoms with Gasteiger partial charge in [0.2, 0.25) is 0 Å². The van der Waals surface area contributed by atoms with Gasteiger partial charge < -0.3 is 10.4 Å². The van der Waals surface area contributed by atoms with Gasteiger partial charge in [-0.3, -0.25) is 4.98 Å². The van der Waals surface area contributed by atoms with E-state index in [0.717, 1.165) is 25.7 Å². The highest BCUT2D eigenvalue weighted by molar-refractivity contribution is 5.27. The zero-order valence-electron chi connectivity index (χ0n) is 9.82. The SMILES string of the molecule is CCC(CCO)NC1CCc2cccnc21. The molecule has 2 rings (SSSR count). The fraction of sp³-hybridized carbons (Fsp3) is 0.615. The maximum atomic E-state index is 8.98. The number of nitrogens with one attached hydrogen (secondary N) is 1. The van der Waals surface area contributed by atoms with Crippen molar-refractivity contribution in [2.45, 2.75) is 44.7 Å². The quantitative estimate of drug-likeness (QED) is 0.795. The Morgan fingerprint density at radius 1 is 1.62 bits per heavy atom. The minimum Gasteiger partial charge on any atom is -0.396 e. The molecule has 0 spiro atoms. The van der Waals surface area contributed by atoms with Crippen LogP contribution in [0.2, 0.25) is 0 Å². The molecule has 88 valence electrons. The molecule has 3 heteroatoms. The van der Waals surface area contributed by atoms with Crippen LogP contribution in [0.3, 0.4) is 0 Å². The van der Waals surface area contributed by atoms with Crippen molar-refractivity contribution in [1.82, 2.24) is 10.3 Å². The molecule has 0 aliphatic heterocycles. The standard InChI is InChI=1S/C13H20N2O/c1-2-11(7-9-16)15-12-6-5-10-4-3-8-14-13(10)12/h3-4,8,11-12,15-16H,2,5-7,9H2,1H3. The van der Waals surface area contributed by atoms with Crippen LogP contribution in [0.5, 0.6) is 0 Å². The summed E-state index contributed by atoms with van der Waals surface area (Å²) in [5, 5.41) is 12.6. The average Bonchev–Trinajstić information content (AvgIpc) is 2.72.